The average molecular weight is 361 g/mol. The molecule has 2 unspecified atom stereocenters. The topological polar surface area (TPSA) is 87.3 Å². The van der Waals surface area contributed by atoms with Crippen LogP contribution in [0.4, 0.5) is 5.69 Å². The molecular formula is C20H31N3O3. The first-order valence-electron chi connectivity index (χ1n) is 9.07. The van der Waals surface area contributed by atoms with Crippen LogP contribution in [-0.2, 0) is 20.8 Å². The highest BCUT2D eigenvalue weighted by Crippen LogP contribution is 2.13. The minimum atomic E-state index is -0.715. The molecule has 6 heteroatoms. The van der Waals surface area contributed by atoms with Crippen molar-refractivity contribution in [1.29, 1.82) is 0 Å². The molecule has 0 aliphatic carbocycles. The fourth-order valence-corrected chi connectivity index (χ4v) is 2.57. The Balaban J connectivity index is 2.63. The van der Waals surface area contributed by atoms with Crippen LogP contribution >= 0.6 is 0 Å². The second-order valence-corrected chi connectivity index (χ2v) is 7.44. The summed E-state index contributed by atoms with van der Waals surface area (Å²) in [7, 11) is 0. The molecule has 0 aliphatic rings. The number of amides is 3. The van der Waals surface area contributed by atoms with Gasteiger partial charge >= 0.3 is 0 Å². The number of rotatable bonds is 8. The third-order valence-electron chi connectivity index (χ3n) is 3.93. The fourth-order valence-electron chi connectivity index (χ4n) is 2.57. The van der Waals surface area contributed by atoms with Gasteiger partial charge in [0.1, 0.15) is 12.1 Å². The Hall–Kier alpha value is -2.37. The van der Waals surface area contributed by atoms with E-state index in [9.17, 15) is 14.4 Å². The maximum atomic E-state index is 12.3. The van der Waals surface area contributed by atoms with E-state index >= 15 is 0 Å². The van der Waals surface area contributed by atoms with Gasteiger partial charge in [0.05, 0.1) is 0 Å². The quantitative estimate of drug-likeness (QED) is 0.665. The maximum absolute atomic E-state index is 12.3. The largest absolute Gasteiger partial charge is 0.344 e. The van der Waals surface area contributed by atoms with E-state index in [1.54, 1.807) is 6.92 Å². The standard InChI is InChI=1S/C20H31N3O3/c1-12(2)11-16-7-9-17(10-8-16)23-19(25)14(5)21-20(26)18(13(3)4)22-15(6)24/h7-10,12-14,18H,11H2,1-6H3,(H,21,26)(H,22,24)(H,23,25). The average Bonchev–Trinajstić information content (AvgIpc) is 2.53. The predicted octanol–water partition coefficient (Wildman–Crippen LogP) is 2.49. The van der Waals surface area contributed by atoms with E-state index in [4.69, 9.17) is 0 Å². The zero-order valence-corrected chi connectivity index (χ0v) is 16.6. The number of nitrogens with one attached hydrogen (secondary N) is 3. The van der Waals surface area contributed by atoms with Crippen molar-refractivity contribution < 1.29 is 14.4 Å². The molecule has 3 amide bonds. The molecule has 0 aliphatic heterocycles. The highest BCUT2D eigenvalue weighted by atomic mass is 16.2. The summed E-state index contributed by atoms with van der Waals surface area (Å²) in [6.45, 7) is 11.0. The van der Waals surface area contributed by atoms with E-state index in [-0.39, 0.29) is 23.6 Å². The van der Waals surface area contributed by atoms with Crippen LogP contribution in [-0.4, -0.2) is 29.8 Å². The Morgan fingerprint density at radius 3 is 1.92 bits per heavy atom. The highest BCUT2D eigenvalue weighted by molar-refractivity contribution is 5.98. The van der Waals surface area contributed by atoms with Crippen LogP contribution in [0.15, 0.2) is 24.3 Å². The summed E-state index contributed by atoms with van der Waals surface area (Å²) < 4.78 is 0. The number of anilines is 1. The lowest BCUT2D eigenvalue weighted by atomic mass is 10.0. The lowest BCUT2D eigenvalue weighted by Gasteiger charge is -2.23. The molecule has 26 heavy (non-hydrogen) atoms. The molecule has 0 bridgehead atoms. The molecular weight excluding hydrogens is 330 g/mol. The van der Waals surface area contributed by atoms with Crippen LogP contribution in [0.3, 0.4) is 0 Å². The zero-order chi connectivity index (χ0) is 19.9. The first-order valence-corrected chi connectivity index (χ1v) is 9.07. The second kappa shape index (κ2) is 9.94. The minimum Gasteiger partial charge on any atom is -0.344 e. The van der Waals surface area contributed by atoms with Gasteiger partial charge in [-0.2, -0.15) is 0 Å². The Morgan fingerprint density at radius 1 is 0.885 bits per heavy atom. The summed E-state index contributed by atoms with van der Waals surface area (Å²) in [5.41, 5.74) is 1.90. The summed E-state index contributed by atoms with van der Waals surface area (Å²) in [6.07, 6.45) is 0.987. The van der Waals surface area contributed by atoms with Crippen LogP contribution in [0, 0.1) is 11.8 Å². The molecule has 144 valence electrons. The van der Waals surface area contributed by atoms with E-state index in [1.165, 1.54) is 12.5 Å². The minimum absolute atomic E-state index is 0.0809. The third kappa shape index (κ3) is 7.25. The Kier molecular flexibility index (Phi) is 8.29. The first kappa shape index (κ1) is 21.7. The molecule has 0 spiro atoms. The van der Waals surface area contributed by atoms with Crippen molar-refractivity contribution >= 4 is 23.4 Å². The summed E-state index contributed by atoms with van der Waals surface area (Å²) in [5, 5.41) is 8.07. The highest BCUT2D eigenvalue weighted by Gasteiger charge is 2.26. The summed E-state index contributed by atoms with van der Waals surface area (Å²) in [4.78, 5) is 35.9. The lowest BCUT2D eigenvalue weighted by Crippen LogP contribution is -2.53. The number of hydrogen-bond donors (Lipinski definition) is 3. The SMILES string of the molecule is CC(=O)NC(C(=O)NC(C)C(=O)Nc1ccc(CC(C)C)cc1)C(C)C. The predicted molar refractivity (Wildman–Crippen MR) is 104 cm³/mol. The summed E-state index contributed by atoms with van der Waals surface area (Å²) in [6, 6.07) is 6.32. The summed E-state index contributed by atoms with van der Waals surface area (Å²) >= 11 is 0. The van der Waals surface area contributed by atoms with Crippen molar-refractivity contribution in [3.63, 3.8) is 0 Å². The molecule has 0 fully saturated rings. The van der Waals surface area contributed by atoms with Crippen molar-refractivity contribution in [1.82, 2.24) is 10.6 Å². The van der Waals surface area contributed by atoms with Gasteiger partial charge < -0.3 is 16.0 Å². The van der Waals surface area contributed by atoms with Crippen LogP contribution in [0.25, 0.3) is 0 Å². The van der Waals surface area contributed by atoms with Crippen LogP contribution < -0.4 is 16.0 Å². The van der Waals surface area contributed by atoms with Crippen LogP contribution in [0.2, 0.25) is 0 Å². The van der Waals surface area contributed by atoms with E-state index in [1.807, 2.05) is 38.1 Å². The van der Waals surface area contributed by atoms with Crippen molar-refractivity contribution in [3.8, 4) is 0 Å². The van der Waals surface area contributed by atoms with E-state index in [2.05, 4.69) is 29.8 Å². The Labute approximate surface area is 156 Å². The van der Waals surface area contributed by atoms with Gasteiger partial charge in [-0.15, -0.1) is 0 Å². The van der Waals surface area contributed by atoms with Crippen LogP contribution in [0.1, 0.15) is 47.1 Å². The lowest BCUT2D eigenvalue weighted by molar-refractivity contribution is -0.131. The van der Waals surface area contributed by atoms with Gasteiger partial charge in [-0.3, -0.25) is 14.4 Å². The Morgan fingerprint density at radius 2 is 1.46 bits per heavy atom. The van der Waals surface area contributed by atoms with Gasteiger partial charge in [0, 0.05) is 12.6 Å². The third-order valence-corrected chi connectivity index (χ3v) is 3.93. The molecule has 0 heterocycles. The van der Waals surface area contributed by atoms with Gasteiger partial charge in [0.15, 0.2) is 0 Å². The van der Waals surface area contributed by atoms with Crippen molar-refractivity contribution in [2.45, 2.75) is 60.0 Å². The molecule has 0 saturated heterocycles. The number of carbonyl (C=O) groups is 3. The second-order valence-electron chi connectivity index (χ2n) is 7.44. The molecule has 1 aromatic carbocycles. The number of carbonyl (C=O) groups excluding carboxylic acids is 3. The molecule has 3 N–H and O–H groups in total. The van der Waals surface area contributed by atoms with Gasteiger partial charge in [-0.05, 0) is 42.9 Å². The molecule has 0 radical (unpaired) electrons. The zero-order valence-electron chi connectivity index (χ0n) is 16.6. The maximum Gasteiger partial charge on any atom is 0.246 e. The summed E-state index contributed by atoms with van der Waals surface area (Å²) in [5.74, 6) is -0.464. The molecule has 1 rings (SSSR count). The van der Waals surface area contributed by atoms with E-state index < -0.39 is 12.1 Å². The van der Waals surface area contributed by atoms with Crippen LogP contribution in [0.5, 0.6) is 0 Å². The van der Waals surface area contributed by atoms with E-state index in [0.717, 1.165) is 6.42 Å². The number of hydrogen-bond acceptors (Lipinski definition) is 3. The van der Waals surface area contributed by atoms with Gasteiger partial charge in [-0.25, -0.2) is 0 Å². The molecule has 2 atom stereocenters. The van der Waals surface area contributed by atoms with Gasteiger partial charge in [0.2, 0.25) is 17.7 Å². The van der Waals surface area contributed by atoms with E-state index in [0.29, 0.717) is 11.6 Å². The van der Waals surface area contributed by atoms with Crippen molar-refractivity contribution in [2.24, 2.45) is 11.8 Å². The molecule has 6 nitrogen and oxygen atoms in total. The molecule has 0 saturated carbocycles. The van der Waals surface area contributed by atoms with Crippen molar-refractivity contribution in [3.05, 3.63) is 29.8 Å². The van der Waals surface area contributed by atoms with Crippen molar-refractivity contribution in [2.75, 3.05) is 5.32 Å². The molecule has 1 aromatic rings. The van der Waals surface area contributed by atoms with Gasteiger partial charge in [-0.1, -0.05) is 39.8 Å². The first-order chi connectivity index (χ1) is 12.1. The van der Waals surface area contributed by atoms with Gasteiger partial charge in [0.25, 0.3) is 0 Å². The Bertz CT molecular complexity index is 624. The molecule has 0 aromatic heterocycles. The fraction of sp³-hybridized carbons (Fsp3) is 0.550. The smallest absolute Gasteiger partial charge is 0.246 e. The monoisotopic (exact) mass is 361 g/mol. The number of benzene rings is 1. The normalized spacial score (nSPS) is 13.2.